The number of aliphatic hydroxyl groups is 3. The molecule has 8 heteroatoms. The molecule has 0 aliphatic heterocycles. The van der Waals surface area contributed by atoms with Gasteiger partial charge in [-0.15, -0.1) is 0 Å². The zero-order valence-corrected chi connectivity index (χ0v) is 19.6. The third-order valence-electron chi connectivity index (χ3n) is 7.84. The van der Waals surface area contributed by atoms with Gasteiger partial charge in [-0.2, -0.15) is 0 Å². The summed E-state index contributed by atoms with van der Waals surface area (Å²) in [4.78, 5) is 38.4. The van der Waals surface area contributed by atoms with Crippen LogP contribution in [0.1, 0.15) is 45.5 Å². The lowest BCUT2D eigenvalue weighted by molar-refractivity contribution is -0.167. The molecule has 0 spiro atoms. The second-order valence-corrected chi connectivity index (χ2v) is 10.0. The number of phenolic OH excluding ortho intramolecular Hbond substituents is 1. The molecule has 186 valence electrons. The molecule has 3 aliphatic carbocycles. The number of Topliss-reactive ketones (excluding diaryl/α,β-unsaturated/α-hetero) is 2. The molecule has 5 atom stereocenters. The Morgan fingerprint density at radius 3 is 2.42 bits per heavy atom. The maximum atomic E-state index is 13.6. The standard InChI is InChI=1S/C28H27NO7/c1-13-2-4-14(5-3-13)6-7-15-8-9-19(30)22-18(15)11-16-10-17-12-20(31)23(27(29)35)26(34)28(17,36)25(33)21(16)24(22)32/h2-9,16-17,20,23,30-31,33,36H,10-12H2,1H3,(H2,29,35)/b7-6+/t16-,17+,20?,23?,28+/m1/s1. The van der Waals surface area contributed by atoms with Gasteiger partial charge in [0.05, 0.1) is 11.7 Å². The molecule has 6 N–H and O–H groups in total. The van der Waals surface area contributed by atoms with Crippen LogP contribution in [0.2, 0.25) is 0 Å². The number of rotatable bonds is 3. The van der Waals surface area contributed by atoms with E-state index < -0.39 is 52.7 Å². The van der Waals surface area contributed by atoms with Gasteiger partial charge in [0.1, 0.15) is 17.4 Å². The molecule has 0 saturated heterocycles. The highest BCUT2D eigenvalue weighted by atomic mass is 16.3. The first kappa shape index (κ1) is 24.0. The Balaban J connectivity index is 1.59. The van der Waals surface area contributed by atoms with Crippen molar-refractivity contribution in [2.45, 2.75) is 37.9 Å². The Hall–Kier alpha value is -3.75. The minimum Gasteiger partial charge on any atom is -0.508 e. The SMILES string of the molecule is Cc1ccc(/C=C/c2ccc(O)c3c2C[C@H]2C[C@H]4CC(O)C(C(N)=O)C(=O)[C@@]4(O)C(O)=C2C3=O)cc1. The number of benzene rings is 2. The number of aliphatic hydroxyl groups excluding tert-OH is 2. The van der Waals surface area contributed by atoms with Crippen LogP contribution < -0.4 is 5.73 Å². The lowest BCUT2D eigenvalue weighted by Crippen LogP contribution is -2.63. The van der Waals surface area contributed by atoms with Crippen LogP contribution in [-0.2, 0) is 16.0 Å². The van der Waals surface area contributed by atoms with E-state index >= 15 is 0 Å². The van der Waals surface area contributed by atoms with E-state index in [1.807, 2.05) is 43.3 Å². The van der Waals surface area contributed by atoms with Crippen molar-refractivity contribution < 1.29 is 34.8 Å². The van der Waals surface area contributed by atoms with Gasteiger partial charge in [-0.05, 0) is 54.9 Å². The van der Waals surface area contributed by atoms with Gasteiger partial charge in [0, 0.05) is 11.5 Å². The molecule has 3 aliphatic rings. The van der Waals surface area contributed by atoms with Crippen molar-refractivity contribution in [3.8, 4) is 5.75 Å². The highest BCUT2D eigenvalue weighted by Gasteiger charge is 2.62. The number of carbonyl (C=O) groups is 3. The lowest BCUT2D eigenvalue weighted by atomic mass is 9.57. The van der Waals surface area contributed by atoms with Gasteiger partial charge in [0.2, 0.25) is 5.91 Å². The number of hydrogen-bond donors (Lipinski definition) is 5. The van der Waals surface area contributed by atoms with E-state index in [0.717, 1.165) is 16.7 Å². The fourth-order valence-corrected chi connectivity index (χ4v) is 5.97. The van der Waals surface area contributed by atoms with Gasteiger partial charge >= 0.3 is 0 Å². The molecule has 0 heterocycles. The molecule has 0 aromatic heterocycles. The highest BCUT2D eigenvalue weighted by molar-refractivity contribution is 6.15. The zero-order chi connectivity index (χ0) is 25.9. The molecule has 1 saturated carbocycles. The Bertz CT molecular complexity index is 1360. The smallest absolute Gasteiger partial charge is 0.230 e. The number of hydrogen-bond acceptors (Lipinski definition) is 7. The van der Waals surface area contributed by atoms with Crippen LogP contribution in [0.3, 0.4) is 0 Å². The lowest BCUT2D eigenvalue weighted by Gasteiger charge is -2.48. The van der Waals surface area contributed by atoms with Gasteiger partial charge in [-0.1, -0.05) is 48.0 Å². The summed E-state index contributed by atoms with van der Waals surface area (Å²) < 4.78 is 0. The number of phenols is 1. The van der Waals surface area contributed by atoms with Crippen molar-refractivity contribution in [2.24, 2.45) is 23.5 Å². The van der Waals surface area contributed by atoms with Crippen LogP contribution in [0, 0.1) is 24.7 Å². The number of ketones is 2. The third-order valence-corrected chi connectivity index (χ3v) is 7.84. The van der Waals surface area contributed by atoms with E-state index in [1.165, 1.54) is 6.07 Å². The van der Waals surface area contributed by atoms with E-state index in [-0.39, 0.29) is 36.1 Å². The minimum absolute atomic E-state index is 0.00986. The summed E-state index contributed by atoms with van der Waals surface area (Å²) in [5, 5.41) is 43.4. The molecule has 1 amide bonds. The van der Waals surface area contributed by atoms with E-state index in [2.05, 4.69) is 0 Å². The fraction of sp³-hybridized carbons (Fsp3) is 0.321. The predicted molar refractivity (Wildman–Crippen MR) is 131 cm³/mol. The Morgan fingerprint density at radius 2 is 1.75 bits per heavy atom. The van der Waals surface area contributed by atoms with Crippen LogP contribution >= 0.6 is 0 Å². The average molecular weight is 490 g/mol. The highest BCUT2D eigenvalue weighted by Crippen LogP contribution is 2.51. The Labute approximate surface area is 207 Å². The monoisotopic (exact) mass is 489 g/mol. The normalized spacial score (nSPS) is 29.6. The molecule has 1 fully saturated rings. The molecule has 0 bridgehead atoms. The van der Waals surface area contributed by atoms with Crippen LogP contribution in [0.25, 0.3) is 12.2 Å². The number of fused-ring (bicyclic) bond motifs is 3. The average Bonchev–Trinajstić information content (AvgIpc) is 2.81. The molecular weight excluding hydrogens is 462 g/mol. The third kappa shape index (κ3) is 3.48. The number of primary amides is 1. The summed E-state index contributed by atoms with van der Waals surface area (Å²) in [7, 11) is 0. The topological polar surface area (TPSA) is 158 Å². The molecule has 2 aromatic carbocycles. The van der Waals surface area contributed by atoms with Crippen molar-refractivity contribution >= 4 is 29.6 Å². The first-order chi connectivity index (χ1) is 17.0. The van der Waals surface area contributed by atoms with Crippen molar-refractivity contribution in [1.82, 2.24) is 0 Å². The summed E-state index contributed by atoms with van der Waals surface area (Å²) in [5.41, 5.74) is 6.06. The first-order valence-electron chi connectivity index (χ1n) is 11.9. The summed E-state index contributed by atoms with van der Waals surface area (Å²) in [5.74, 6) is -7.12. The van der Waals surface area contributed by atoms with Crippen molar-refractivity contribution in [1.29, 1.82) is 0 Å². The van der Waals surface area contributed by atoms with E-state index in [1.54, 1.807) is 6.07 Å². The minimum atomic E-state index is -2.50. The number of nitrogens with two attached hydrogens (primary N) is 1. The summed E-state index contributed by atoms with van der Waals surface area (Å²) in [6, 6.07) is 11.0. The fourth-order valence-electron chi connectivity index (χ4n) is 5.97. The maximum absolute atomic E-state index is 13.6. The van der Waals surface area contributed by atoms with Gasteiger partial charge in [0.25, 0.3) is 0 Å². The largest absolute Gasteiger partial charge is 0.508 e. The quantitative estimate of drug-likeness (QED) is 0.327. The molecule has 36 heavy (non-hydrogen) atoms. The van der Waals surface area contributed by atoms with E-state index in [4.69, 9.17) is 5.73 Å². The number of amides is 1. The van der Waals surface area contributed by atoms with E-state index in [9.17, 15) is 34.8 Å². The Kier molecular flexibility index (Phi) is 5.61. The first-order valence-corrected chi connectivity index (χ1v) is 11.9. The molecule has 0 radical (unpaired) electrons. The molecule has 8 nitrogen and oxygen atoms in total. The maximum Gasteiger partial charge on any atom is 0.230 e. The summed E-state index contributed by atoms with van der Waals surface area (Å²) >= 11 is 0. The number of carbonyl (C=O) groups excluding carboxylic acids is 3. The number of allylic oxidation sites excluding steroid dienone is 1. The molecular formula is C28H27NO7. The zero-order valence-electron chi connectivity index (χ0n) is 19.6. The van der Waals surface area contributed by atoms with Crippen LogP contribution in [0.15, 0.2) is 47.7 Å². The predicted octanol–water partition coefficient (Wildman–Crippen LogP) is 2.22. The van der Waals surface area contributed by atoms with Crippen molar-refractivity contribution in [3.05, 3.63) is 75.5 Å². The van der Waals surface area contributed by atoms with Gasteiger partial charge in [-0.3, -0.25) is 14.4 Å². The number of aromatic hydroxyl groups is 1. The van der Waals surface area contributed by atoms with Gasteiger partial charge in [0.15, 0.2) is 17.2 Å². The second-order valence-electron chi connectivity index (χ2n) is 10.0. The summed E-state index contributed by atoms with van der Waals surface area (Å²) in [6.45, 7) is 1.99. The second kappa shape index (κ2) is 8.43. The summed E-state index contributed by atoms with van der Waals surface area (Å²) in [6.07, 6.45) is 2.64. The number of aryl methyl sites for hydroxylation is 1. The van der Waals surface area contributed by atoms with Crippen molar-refractivity contribution in [3.63, 3.8) is 0 Å². The van der Waals surface area contributed by atoms with Crippen LogP contribution in [-0.4, -0.2) is 49.6 Å². The van der Waals surface area contributed by atoms with Crippen LogP contribution in [0.4, 0.5) is 0 Å². The van der Waals surface area contributed by atoms with Gasteiger partial charge < -0.3 is 26.2 Å². The Morgan fingerprint density at radius 1 is 1.06 bits per heavy atom. The van der Waals surface area contributed by atoms with Crippen LogP contribution in [0.5, 0.6) is 5.75 Å². The molecule has 2 unspecified atom stereocenters. The van der Waals surface area contributed by atoms with Crippen molar-refractivity contribution in [2.75, 3.05) is 0 Å². The molecule has 5 rings (SSSR count). The molecule has 2 aromatic rings. The van der Waals surface area contributed by atoms with E-state index in [0.29, 0.717) is 5.56 Å². The van der Waals surface area contributed by atoms with Gasteiger partial charge in [-0.25, -0.2) is 0 Å².